The lowest BCUT2D eigenvalue weighted by Gasteiger charge is -2.14. The van der Waals surface area contributed by atoms with Gasteiger partial charge in [0, 0.05) is 0 Å². The first-order valence-corrected chi connectivity index (χ1v) is 8.28. The molecule has 0 spiro atoms. The molecule has 0 rings (SSSR count). The van der Waals surface area contributed by atoms with Crippen LogP contribution in [0.15, 0.2) is 59.8 Å². The zero-order valence-corrected chi connectivity index (χ0v) is 16.0. The molecule has 0 aliphatic rings. The zero-order chi connectivity index (χ0) is 17.4. The lowest BCUT2D eigenvalue weighted by molar-refractivity contribution is 0.646. The molecule has 0 nitrogen and oxygen atoms in total. The highest BCUT2D eigenvalue weighted by Gasteiger charge is 2.07. The summed E-state index contributed by atoms with van der Waals surface area (Å²) < 4.78 is 0. The van der Waals surface area contributed by atoms with Crippen LogP contribution in [-0.4, -0.2) is 0 Å². The van der Waals surface area contributed by atoms with Crippen LogP contribution in [0.4, 0.5) is 0 Å². The first kappa shape index (κ1) is 24.7. The van der Waals surface area contributed by atoms with Crippen molar-refractivity contribution in [2.24, 2.45) is 5.92 Å². The van der Waals surface area contributed by atoms with Crippen LogP contribution in [0.1, 0.15) is 68.7 Å². The maximum Gasteiger partial charge on any atom is -0.0191 e. The number of hydrogen-bond acceptors (Lipinski definition) is 0. The summed E-state index contributed by atoms with van der Waals surface area (Å²) in [6, 6.07) is 0. The molecule has 122 valence electrons. The highest BCUT2D eigenvalue weighted by molar-refractivity contribution is 5.51. The third-order valence-electron chi connectivity index (χ3n) is 2.77. The van der Waals surface area contributed by atoms with Crippen LogP contribution in [0.5, 0.6) is 0 Å². The summed E-state index contributed by atoms with van der Waals surface area (Å²) >= 11 is 0. The lowest BCUT2D eigenvalue weighted by atomic mass is 9.91. The summed E-state index contributed by atoms with van der Waals surface area (Å²) in [5, 5.41) is 0. The van der Waals surface area contributed by atoms with Gasteiger partial charge in [-0.15, -0.1) is 0 Å². The monoisotopic (exact) mass is 290 g/mol. The van der Waals surface area contributed by atoms with Gasteiger partial charge in [0.2, 0.25) is 0 Å². The maximum absolute atomic E-state index is 4.20. The van der Waals surface area contributed by atoms with Gasteiger partial charge >= 0.3 is 0 Å². The Morgan fingerprint density at radius 1 is 1.00 bits per heavy atom. The highest BCUT2D eigenvalue weighted by atomic mass is 14.1. The Kier molecular flexibility index (Phi) is 19.7. The Bertz CT molecular complexity index is 359. The standard InChI is InChI=1S/C17H26.2C2H6/c1-8-14(6)12-17(10-3)15(7)16(9-2)11-13(4)5;2*1-2/h8-10,12-13H,3,7,11H2,1-2,4-6H3;2*1-2H3/b14-8-,16-9+,17-12+;;. The van der Waals surface area contributed by atoms with Crippen molar-refractivity contribution in [1.82, 2.24) is 0 Å². The van der Waals surface area contributed by atoms with Crippen LogP contribution < -0.4 is 0 Å². The van der Waals surface area contributed by atoms with E-state index in [9.17, 15) is 0 Å². The van der Waals surface area contributed by atoms with Crippen molar-refractivity contribution >= 4 is 0 Å². The molecule has 0 aromatic carbocycles. The highest BCUT2D eigenvalue weighted by Crippen LogP contribution is 2.25. The largest absolute Gasteiger partial charge is 0.0984 e. The van der Waals surface area contributed by atoms with Gasteiger partial charge in [-0.2, -0.15) is 0 Å². The minimum atomic E-state index is 0.645. The van der Waals surface area contributed by atoms with E-state index in [0.717, 1.165) is 17.6 Å². The van der Waals surface area contributed by atoms with Crippen molar-refractivity contribution < 1.29 is 0 Å². The minimum absolute atomic E-state index is 0.645. The van der Waals surface area contributed by atoms with Crippen molar-refractivity contribution in [3.8, 4) is 0 Å². The van der Waals surface area contributed by atoms with Crippen molar-refractivity contribution in [2.45, 2.75) is 68.7 Å². The molecule has 0 amide bonds. The Morgan fingerprint density at radius 2 is 1.48 bits per heavy atom. The van der Waals surface area contributed by atoms with Crippen molar-refractivity contribution in [3.63, 3.8) is 0 Å². The molecule has 0 radical (unpaired) electrons. The first-order valence-electron chi connectivity index (χ1n) is 8.28. The minimum Gasteiger partial charge on any atom is -0.0984 e. The smallest absolute Gasteiger partial charge is 0.0191 e. The third-order valence-corrected chi connectivity index (χ3v) is 2.77. The predicted octanol–water partition coefficient (Wildman–Crippen LogP) is 7.67. The van der Waals surface area contributed by atoms with E-state index in [0.29, 0.717) is 5.92 Å². The van der Waals surface area contributed by atoms with Crippen LogP contribution in [0.3, 0.4) is 0 Å². The second kappa shape index (κ2) is 16.8. The van der Waals surface area contributed by atoms with Crippen LogP contribution in [0.2, 0.25) is 0 Å². The van der Waals surface area contributed by atoms with E-state index in [4.69, 9.17) is 0 Å². The van der Waals surface area contributed by atoms with Crippen LogP contribution in [-0.2, 0) is 0 Å². The molecule has 0 aliphatic carbocycles. The van der Waals surface area contributed by atoms with E-state index in [2.05, 4.69) is 59.1 Å². The zero-order valence-electron chi connectivity index (χ0n) is 16.0. The number of allylic oxidation sites excluding steroid dienone is 8. The molecule has 0 fully saturated rings. The van der Waals surface area contributed by atoms with E-state index in [1.807, 2.05) is 40.7 Å². The second-order valence-corrected chi connectivity index (χ2v) is 4.73. The molecular formula is C21H38. The normalized spacial score (nSPS) is 12.0. The molecule has 0 aliphatic heterocycles. The fourth-order valence-electron chi connectivity index (χ4n) is 1.64. The summed E-state index contributed by atoms with van der Waals surface area (Å²) in [5.74, 6) is 0.645. The third kappa shape index (κ3) is 12.2. The number of hydrogen-bond donors (Lipinski definition) is 0. The average molecular weight is 291 g/mol. The summed E-state index contributed by atoms with van der Waals surface area (Å²) in [6.07, 6.45) is 9.34. The van der Waals surface area contributed by atoms with Gasteiger partial charge in [0.25, 0.3) is 0 Å². The van der Waals surface area contributed by atoms with Gasteiger partial charge in [0.15, 0.2) is 0 Å². The van der Waals surface area contributed by atoms with Gasteiger partial charge in [-0.3, -0.25) is 0 Å². The quantitative estimate of drug-likeness (QED) is 0.440. The van der Waals surface area contributed by atoms with Gasteiger partial charge in [-0.05, 0) is 49.8 Å². The van der Waals surface area contributed by atoms with Gasteiger partial charge in [0.1, 0.15) is 0 Å². The SMILES string of the molecule is C=C/C(=C\C(C)=C/C)C(=C)/C(=C/C)CC(C)C.CC.CC. The van der Waals surface area contributed by atoms with E-state index in [1.165, 1.54) is 11.1 Å². The second-order valence-electron chi connectivity index (χ2n) is 4.73. The molecule has 0 heterocycles. The topological polar surface area (TPSA) is 0 Å². The van der Waals surface area contributed by atoms with E-state index in [-0.39, 0.29) is 0 Å². The predicted molar refractivity (Wildman–Crippen MR) is 103 cm³/mol. The molecule has 0 bridgehead atoms. The van der Waals surface area contributed by atoms with Gasteiger partial charge in [-0.1, -0.05) is 84.6 Å². The molecule has 0 N–H and O–H groups in total. The lowest BCUT2D eigenvalue weighted by Crippen LogP contribution is -1.97. The van der Waals surface area contributed by atoms with Crippen molar-refractivity contribution in [3.05, 3.63) is 59.8 Å². The Labute approximate surface area is 135 Å². The van der Waals surface area contributed by atoms with E-state index >= 15 is 0 Å². The molecule has 0 aromatic heterocycles. The van der Waals surface area contributed by atoms with Gasteiger partial charge in [-0.25, -0.2) is 0 Å². The summed E-state index contributed by atoms with van der Waals surface area (Å²) in [7, 11) is 0. The fourth-order valence-corrected chi connectivity index (χ4v) is 1.64. The summed E-state index contributed by atoms with van der Waals surface area (Å²) in [6.45, 7) is 26.7. The summed E-state index contributed by atoms with van der Waals surface area (Å²) in [5.41, 5.74) is 4.77. The number of rotatable bonds is 6. The van der Waals surface area contributed by atoms with Crippen molar-refractivity contribution in [1.29, 1.82) is 0 Å². The van der Waals surface area contributed by atoms with Crippen LogP contribution in [0.25, 0.3) is 0 Å². The maximum atomic E-state index is 4.20. The molecule has 0 aromatic rings. The molecule has 0 saturated heterocycles. The molecule has 21 heavy (non-hydrogen) atoms. The Balaban J connectivity index is -0.000000739. The summed E-state index contributed by atoms with van der Waals surface area (Å²) in [4.78, 5) is 0. The average Bonchev–Trinajstić information content (AvgIpc) is 2.52. The van der Waals surface area contributed by atoms with Gasteiger partial charge < -0.3 is 0 Å². The van der Waals surface area contributed by atoms with E-state index < -0.39 is 0 Å². The Hall–Kier alpha value is -1.30. The molecule has 0 atom stereocenters. The fraction of sp³-hybridized carbons (Fsp3) is 0.524. The molecule has 0 saturated carbocycles. The van der Waals surface area contributed by atoms with Crippen molar-refractivity contribution in [2.75, 3.05) is 0 Å². The first-order chi connectivity index (χ1) is 9.96. The van der Waals surface area contributed by atoms with E-state index in [1.54, 1.807) is 0 Å². The van der Waals surface area contributed by atoms with Crippen LogP contribution in [0, 0.1) is 5.92 Å². The molecular weight excluding hydrogens is 252 g/mol. The van der Waals surface area contributed by atoms with Crippen LogP contribution >= 0.6 is 0 Å². The molecule has 0 unspecified atom stereocenters. The molecule has 0 heteroatoms. The van der Waals surface area contributed by atoms with Gasteiger partial charge in [0.05, 0.1) is 0 Å². The Morgan fingerprint density at radius 3 is 1.76 bits per heavy atom.